The van der Waals surface area contributed by atoms with Crippen LogP contribution in [0.25, 0.3) is 10.2 Å². The molecule has 0 spiro atoms. The van der Waals surface area contributed by atoms with Gasteiger partial charge >= 0.3 is 0 Å². The highest BCUT2D eigenvalue weighted by Crippen LogP contribution is 2.31. The number of aromatic amines is 1. The van der Waals surface area contributed by atoms with E-state index in [9.17, 15) is 0 Å². The van der Waals surface area contributed by atoms with Crippen molar-refractivity contribution in [3.05, 3.63) is 20.6 Å². The lowest BCUT2D eigenvalue weighted by atomic mass is 10.3. The summed E-state index contributed by atoms with van der Waals surface area (Å²) in [5.41, 5.74) is 0.973. The molecule has 68 valence electrons. The molecule has 1 aromatic carbocycles. The van der Waals surface area contributed by atoms with Gasteiger partial charge in [0.25, 0.3) is 0 Å². The number of nitrogens with one attached hydrogen (secondary N) is 1. The molecule has 0 saturated carbocycles. The summed E-state index contributed by atoms with van der Waals surface area (Å²) in [5.74, 6) is 0.816. The van der Waals surface area contributed by atoms with Crippen LogP contribution in [0.5, 0.6) is 5.75 Å². The number of hydrogen-bond donors (Lipinski definition) is 1. The van der Waals surface area contributed by atoms with Gasteiger partial charge in [-0.1, -0.05) is 15.9 Å². The molecule has 0 aliphatic carbocycles. The van der Waals surface area contributed by atoms with Gasteiger partial charge < -0.3 is 9.72 Å². The number of fused-ring (bicyclic) bond motifs is 1. The molecule has 0 radical (unpaired) electrons. The van der Waals surface area contributed by atoms with Crippen molar-refractivity contribution in [2.45, 2.75) is 0 Å². The van der Waals surface area contributed by atoms with E-state index < -0.39 is 0 Å². The van der Waals surface area contributed by atoms with E-state index in [0.29, 0.717) is 0 Å². The number of halogens is 1. The summed E-state index contributed by atoms with van der Waals surface area (Å²) in [6.07, 6.45) is 0. The second kappa shape index (κ2) is 3.40. The second-order valence-electron chi connectivity index (χ2n) is 2.50. The zero-order chi connectivity index (χ0) is 9.42. The van der Waals surface area contributed by atoms with E-state index in [1.165, 1.54) is 0 Å². The number of methoxy groups -OCH3 is 1. The Kier molecular flexibility index (Phi) is 2.40. The number of ether oxygens (including phenoxy) is 1. The summed E-state index contributed by atoms with van der Waals surface area (Å²) in [6, 6.07) is 3.94. The lowest BCUT2D eigenvalue weighted by Gasteiger charge is -2.01. The molecule has 1 aromatic heterocycles. The van der Waals surface area contributed by atoms with Crippen molar-refractivity contribution >= 4 is 49.7 Å². The molecule has 0 bridgehead atoms. The molecule has 2 aromatic rings. The van der Waals surface area contributed by atoms with Crippen LogP contribution in [0.3, 0.4) is 0 Å². The summed E-state index contributed by atoms with van der Waals surface area (Å²) < 4.78 is 8.10. The predicted octanol–water partition coefficient (Wildman–Crippen LogP) is 3.73. The van der Waals surface area contributed by atoms with Gasteiger partial charge in [0.15, 0.2) is 3.95 Å². The Morgan fingerprint density at radius 3 is 3.00 bits per heavy atom. The van der Waals surface area contributed by atoms with Gasteiger partial charge in [0.1, 0.15) is 11.3 Å². The quantitative estimate of drug-likeness (QED) is 0.803. The summed E-state index contributed by atoms with van der Waals surface area (Å²) in [7, 11) is 1.65. The topological polar surface area (TPSA) is 25.0 Å². The molecule has 0 amide bonds. The number of hydrogen-bond acceptors (Lipinski definition) is 3. The van der Waals surface area contributed by atoms with Crippen LogP contribution in [0.1, 0.15) is 0 Å². The fraction of sp³-hybridized carbons (Fsp3) is 0.125. The molecule has 2 nitrogen and oxygen atoms in total. The zero-order valence-corrected chi connectivity index (χ0v) is 9.98. The minimum absolute atomic E-state index is 0.770. The highest BCUT2D eigenvalue weighted by molar-refractivity contribution is 9.10. The van der Waals surface area contributed by atoms with Crippen LogP contribution in [0.15, 0.2) is 16.6 Å². The summed E-state index contributed by atoms with van der Waals surface area (Å²) in [4.78, 5) is 3.09. The van der Waals surface area contributed by atoms with Gasteiger partial charge in [0.05, 0.1) is 11.8 Å². The molecule has 2 rings (SSSR count). The van der Waals surface area contributed by atoms with E-state index >= 15 is 0 Å². The highest BCUT2D eigenvalue weighted by Gasteiger charge is 2.05. The Morgan fingerprint density at radius 2 is 2.31 bits per heavy atom. The molecule has 0 aliphatic heterocycles. The van der Waals surface area contributed by atoms with Crippen molar-refractivity contribution < 1.29 is 4.74 Å². The molecular formula is C8H6BrNOS2. The van der Waals surface area contributed by atoms with Gasteiger partial charge in [-0.25, -0.2) is 0 Å². The largest absolute Gasteiger partial charge is 0.494 e. The lowest BCUT2D eigenvalue weighted by molar-refractivity contribution is 0.418. The van der Waals surface area contributed by atoms with Crippen molar-refractivity contribution in [1.29, 1.82) is 0 Å². The maximum absolute atomic E-state index is 5.22. The zero-order valence-electron chi connectivity index (χ0n) is 6.76. The number of benzene rings is 1. The summed E-state index contributed by atoms with van der Waals surface area (Å²) in [5, 5.41) is 0. The third kappa shape index (κ3) is 1.63. The summed E-state index contributed by atoms with van der Waals surface area (Å²) in [6.45, 7) is 0. The monoisotopic (exact) mass is 275 g/mol. The molecule has 0 fully saturated rings. The van der Waals surface area contributed by atoms with Gasteiger partial charge in [-0.3, -0.25) is 0 Å². The maximum atomic E-state index is 5.22. The molecule has 5 heteroatoms. The molecule has 1 heterocycles. The standard InChI is InChI=1S/C8H6BrNOS2/c1-11-5-2-4(9)3-6-7(5)10-8(12)13-6/h2-3H,1H3,(H,10,12). The van der Waals surface area contributed by atoms with E-state index in [1.807, 2.05) is 12.1 Å². The van der Waals surface area contributed by atoms with Crippen molar-refractivity contribution in [2.24, 2.45) is 0 Å². The fourth-order valence-corrected chi connectivity index (χ4v) is 2.90. The first-order chi connectivity index (χ1) is 6.20. The van der Waals surface area contributed by atoms with Crippen LogP contribution in [0, 0.1) is 3.95 Å². The van der Waals surface area contributed by atoms with Crippen LogP contribution in [-0.2, 0) is 0 Å². The Hall–Kier alpha value is -0.390. The van der Waals surface area contributed by atoms with E-state index in [4.69, 9.17) is 17.0 Å². The number of aromatic nitrogens is 1. The van der Waals surface area contributed by atoms with Crippen molar-refractivity contribution in [3.63, 3.8) is 0 Å². The molecule has 13 heavy (non-hydrogen) atoms. The number of H-pyrrole nitrogens is 1. The normalized spacial score (nSPS) is 10.6. The average Bonchev–Trinajstić information content (AvgIpc) is 2.43. The first kappa shape index (κ1) is 9.18. The Morgan fingerprint density at radius 1 is 1.54 bits per heavy atom. The molecule has 0 saturated heterocycles. The summed E-state index contributed by atoms with van der Waals surface area (Å²) >= 11 is 10.0. The SMILES string of the molecule is COc1cc(Br)cc2sc(=S)[nH]c12. The Labute approximate surface area is 92.7 Å². The number of rotatable bonds is 1. The van der Waals surface area contributed by atoms with E-state index in [1.54, 1.807) is 18.4 Å². The van der Waals surface area contributed by atoms with Crippen LogP contribution in [-0.4, -0.2) is 12.1 Å². The molecular weight excluding hydrogens is 270 g/mol. The van der Waals surface area contributed by atoms with Crippen molar-refractivity contribution in [2.75, 3.05) is 7.11 Å². The predicted molar refractivity (Wildman–Crippen MR) is 61.3 cm³/mol. The molecule has 0 aliphatic rings. The molecule has 0 unspecified atom stereocenters. The van der Waals surface area contributed by atoms with Gasteiger partial charge in [-0.05, 0) is 24.4 Å². The van der Waals surface area contributed by atoms with E-state index in [0.717, 1.165) is 24.4 Å². The smallest absolute Gasteiger partial charge is 0.159 e. The second-order valence-corrected chi connectivity index (χ2v) is 5.13. The highest BCUT2D eigenvalue weighted by atomic mass is 79.9. The maximum Gasteiger partial charge on any atom is 0.159 e. The van der Waals surface area contributed by atoms with Crippen LogP contribution in [0.4, 0.5) is 0 Å². The van der Waals surface area contributed by atoms with Gasteiger partial charge in [0.2, 0.25) is 0 Å². The van der Waals surface area contributed by atoms with E-state index in [-0.39, 0.29) is 0 Å². The minimum atomic E-state index is 0.770. The van der Waals surface area contributed by atoms with Gasteiger partial charge in [-0.15, -0.1) is 11.3 Å². The lowest BCUT2D eigenvalue weighted by Crippen LogP contribution is -1.83. The third-order valence-corrected chi connectivity index (χ3v) is 3.32. The van der Waals surface area contributed by atoms with Crippen molar-refractivity contribution in [1.82, 2.24) is 4.98 Å². The van der Waals surface area contributed by atoms with Crippen LogP contribution < -0.4 is 4.74 Å². The first-order valence-electron chi connectivity index (χ1n) is 3.57. The Bertz CT molecular complexity index is 502. The van der Waals surface area contributed by atoms with Crippen LogP contribution >= 0.6 is 39.5 Å². The average molecular weight is 276 g/mol. The van der Waals surface area contributed by atoms with Crippen LogP contribution in [0.2, 0.25) is 0 Å². The van der Waals surface area contributed by atoms with Crippen molar-refractivity contribution in [3.8, 4) is 5.75 Å². The molecule has 0 atom stereocenters. The third-order valence-electron chi connectivity index (χ3n) is 1.68. The minimum Gasteiger partial charge on any atom is -0.494 e. The first-order valence-corrected chi connectivity index (χ1v) is 5.59. The van der Waals surface area contributed by atoms with E-state index in [2.05, 4.69) is 20.9 Å². The van der Waals surface area contributed by atoms with Gasteiger partial charge in [0, 0.05) is 4.47 Å². The van der Waals surface area contributed by atoms with Gasteiger partial charge in [-0.2, -0.15) is 0 Å². The molecule has 1 N–H and O–H groups in total. The Balaban J connectivity index is 2.88. The number of thiazole rings is 1. The fourth-order valence-electron chi connectivity index (χ4n) is 1.15.